The van der Waals surface area contributed by atoms with Gasteiger partial charge in [0.1, 0.15) is 0 Å². The number of H-pyrrole nitrogens is 1. The first-order valence-electron chi connectivity index (χ1n) is 13.7. The lowest BCUT2D eigenvalue weighted by atomic mass is 9.80. The number of hydrogen-bond acceptors (Lipinski definition) is 2. The number of allylic oxidation sites excluding steroid dienone is 2. The topological polar surface area (TPSA) is 31.4 Å². The first-order valence-corrected chi connectivity index (χ1v) is 13.7. The Morgan fingerprint density at radius 1 is 0.763 bits per heavy atom. The van der Waals surface area contributed by atoms with Gasteiger partial charge in [-0.2, -0.15) is 0 Å². The number of nitrogens with one attached hydrogen (secondary N) is 1. The van der Waals surface area contributed by atoms with Crippen molar-refractivity contribution in [2.24, 2.45) is 4.99 Å². The number of anilines is 1. The molecule has 1 N–H and O–H groups in total. The number of rotatable bonds is 3. The second-order valence-corrected chi connectivity index (χ2v) is 11.0. The number of aromatic nitrogens is 1. The van der Waals surface area contributed by atoms with E-state index in [2.05, 4.69) is 111 Å². The molecule has 2 heterocycles. The second-order valence-electron chi connectivity index (χ2n) is 11.0. The molecule has 0 atom stereocenters. The van der Waals surface area contributed by atoms with Gasteiger partial charge in [0.15, 0.2) is 0 Å². The van der Waals surface area contributed by atoms with E-state index in [0.717, 1.165) is 37.1 Å². The van der Waals surface area contributed by atoms with Crippen LogP contribution in [-0.4, -0.2) is 24.8 Å². The summed E-state index contributed by atoms with van der Waals surface area (Å²) in [5.41, 5.74) is 19.4. The van der Waals surface area contributed by atoms with Crippen molar-refractivity contribution in [3.63, 3.8) is 0 Å². The summed E-state index contributed by atoms with van der Waals surface area (Å²) in [5, 5.41) is 0. The first kappa shape index (κ1) is 23.0. The Bertz CT molecular complexity index is 1690. The van der Waals surface area contributed by atoms with E-state index in [1.807, 2.05) is 0 Å². The lowest BCUT2D eigenvalue weighted by molar-refractivity contribution is 0.933. The third-order valence-corrected chi connectivity index (χ3v) is 8.59. The van der Waals surface area contributed by atoms with Crippen LogP contribution in [-0.2, 0) is 19.3 Å². The monoisotopic (exact) mass is 495 g/mol. The van der Waals surface area contributed by atoms with Crippen LogP contribution in [0, 0.1) is 6.92 Å². The van der Waals surface area contributed by atoms with Gasteiger partial charge in [-0.1, -0.05) is 60.7 Å². The van der Waals surface area contributed by atoms with Gasteiger partial charge in [-0.05, 0) is 90.6 Å². The van der Waals surface area contributed by atoms with Crippen molar-refractivity contribution in [2.75, 3.05) is 19.0 Å². The quantitative estimate of drug-likeness (QED) is 0.309. The van der Waals surface area contributed by atoms with E-state index >= 15 is 0 Å². The summed E-state index contributed by atoms with van der Waals surface area (Å²) >= 11 is 0. The van der Waals surface area contributed by atoms with Crippen molar-refractivity contribution >= 4 is 22.5 Å². The number of nitrogens with zero attached hydrogens (tertiary/aromatic N) is 2. The standard InChI is InChI=1S/C35H33N3/c1-21-27-19-15-23-9-5-7-11-29(23)32(27)34(36-21)31(25-13-17-26(18-14-25)38(3)4)35-33-28(22(2)37-35)20-16-24-10-6-8-12-30(24)33/h5-14,17-18,36H,15-16,19-20H2,1-4H3/b35-31-. The van der Waals surface area contributed by atoms with Gasteiger partial charge in [0.05, 0.1) is 11.4 Å². The highest BCUT2D eigenvalue weighted by molar-refractivity contribution is 6.17. The minimum Gasteiger partial charge on any atom is -0.378 e. The zero-order chi connectivity index (χ0) is 26.0. The summed E-state index contributed by atoms with van der Waals surface area (Å²) in [6.45, 7) is 4.42. The van der Waals surface area contributed by atoms with Crippen molar-refractivity contribution in [3.8, 4) is 11.1 Å². The Hall–Kier alpha value is -4.11. The van der Waals surface area contributed by atoms with Gasteiger partial charge < -0.3 is 9.88 Å². The molecule has 188 valence electrons. The highest BCUT2D eigenvalue weighted by Gasteiger charge is 2.33. The van der Waals surface area contributed by atoms with E-state index < -0.39 is 0 Å². The predicted octanol–water partition coefficient (Wildman–Crippen LogP) is 7.79. The molecule has 0 fully saturated rings. The molecule has 7 rings (SSSR count). The normalized spacial score (nSPS) is 16.9. The van der Waals surface area contributed by atoms with Crippen molar-refractivity contribution in [1.82, 2.24) is 4.98 Å². The van der Waals surface area contributed by atoms with E-state index in [4.69, 9.17) is 4.99 Å². The van der Waals surface area contributed by atoms with Crippen LogP contribution in [0.3, 0.4) is 0 Å². The molecule has 0 saturated carbocycles. The Labute approximate surface area is 225 Å². The lowest BCUT2D eigenvalue weighted by Gasteiger charge is -2.23. The number of benzene rings is 3. The zero-order valence-corrected chi connectivity index (χ0v) is 22.7. The fraction of sp³-hybridized carbons (Fsp3) is 0.229. The third-order valence-electron chi connectivity index (χ3n) is 8.59. The van der Waals surface area contributed by atoms with Crippen LogP contribution in [0.4, 0.5) is 5.69 Å². The maximum Gasteiger partial charge on any atom is 0.0814 e. The molecule has 0 amide bonds. The van der Waals surface area contributed by atoms with Crippen LogP contribution in [0.5, 0.6) is 0 Å². The summed E-state index contributed by atoms with van der Waals surface area (Å²) in [5.74, 6) is 0. The number of hydrogen-bond donors (Lipinski definition) is 1. The van der Waals surface area contributed by atoms with Gasteiger partial charge in [0.2, 0.25) is 0 Å². The molecule has 0 spiro atoms. The molecule has 2 aliphatic carbocycles. The zero-order valence-electron chi connectivity index (χ0n) is 22.7. The molecule has 0 bridgehead atoms. The molecule has 3 aliphatic rings. The molecule has 1 aliphatic heterocycles. The first-order chi connectivity index (χ1) is 18.5. The predicted molar refractivity (Wildman–Crippen MR) is 160 cm³/mol. The van der Waals surface area contributed by atoms with E-state index in [9.17, 15) is 0 Å². The Morgan fingerprint density at radius 2 is 1.42 bits per heavy atom. The molecule has 3 heteroatoms. The smallest absolute Gasteiger partial charge is 0.0814 e. The van der Waals surface area contributed by atoms with Gasteiger partial charge in [-0.25, -0.2) is 0 Å². The van der Waals surface area contributed by atoms with E-state index in [1.165, 1.54) is 72.7 Å². The van der Waals surface area contributed by atoms with Gasteiger partial charge >= 0.3 is 0 Å². The minimum absolute atomic E-state index is 1.04. The van der Waals surface area contributed by atoms with Crippen LogP contribution < -0.4 is 4.90 Å². The number of fused-ring (bicyclic) bond motifs is 5. The molecule has 3 nitrogen and oxygen atoms in total. The lowest BCUT2D eigenvalue weighted by Crippen LogP contribution is -2.09. The molecule has 0 unspecified atom stereocenters. The van der Waals surface area contributed by atoms with E-state index in [0.29, 0.717) is 0 Å². The van der Waals surface area contributed by atoms with Crippen LogP contribution in [0.2, 0.25) is 0 Å². The summed E-state index contributed by atoms with van der Waals surface area (Å²) in [6.07, 6.45) is 4.27. The molecule has 1 aromatic heterocycles. The Balaban J connectivity index is 1.56. The minimum atomic E-state index is 1.04. The molecular formula is C35H33N3. The fourth-order valence-electron chi connectivity index (χ4n) is 6.66. The summed E-state index contributed by atoms with van der Waals surface area (Å²) in [7, 11) is 4.19. The SMILES string of the molecule is CC1=N/C(=C(/c2ccc(N(C)C)cc2)c2[nH]c(C)c3c2-c2ccccc2CC3)C2=C1CCc1ccccc12. The number of aryl methyl sites for hydroxylation is 3. The van der Waals surface area contributed by atoms with Crippen LogP contribution in [0.1, 0.15) is 52.5 Å². The van der Waals surface area contributed by atoms with Crippen molar-refractivity contribution in [3.05, 3.63) is 123 Å². The van der Waals surface area contributed by atoms with Crippen molar-refractivity contribution < 1.29 is 0 Å². The maximum atomic E-state index is 5.35. The average Bonchev–Trinajstić information content (AvgIpc) is 3.46. The molecule has 0 saturated heterocycles. The molecular weight excluding hydrogens is 462 g/mol. The molecule has 3 aromatic carbocycles. The number of aliphatic imine (C=N–C) groups is 1. The summed E-state index contributed by atoms with van der Waals surface area (Å²) in [4.78, 5) is 11.4. The van der Waals surface area contributed by atoms with Gasteiger partial charge in [-0.15, -0.1) is 0 Å². The summed E-state index contributed by atoms with van der Waals surface area (Å²) in [6, 6.07) is 26.8. The second kappa shape index (κ2) is 8.73. The van der Waals surface area contributed by atoms with Crippen molar-refractivity contribution in [1.29, 1.82) is 0 Å². The average molecular weight is 496 g/mol. The Kier molecular flexibility index (Phi) is 5.29. The molecule has 4 aromatic rings. The van der Waals surface area contributed by atoms with E-state index in [1.54, 1.807) is 0 Å². The van der Waals surface area contributed by atoms with Gasteiger partial charge in [-0.3, -0.25) is 4.99 Å². The van der Waals surface area contributed by atoms with Gasteiger partial charge in [0, 0.05) is 47.9 Å². The van der Waals surface area contributed by atoms with Crippen molar-refractivity contribution in [2.45, 2.75) is 39.5 Å². The van der Waals surface area contributed by atoms with Gasteiger partial charge in [0.25, 0.3) is 0 Å². The highest BCUT2D eigenvalue weighted by Crippen LogP contribution is 2.49. The Morgan fingerprint density at radius 3 is 2.16 bits per heavy atom. The van der Waals surface area contributed by atoms with Crippen LogP contribution in [0.25, 0.3) is 22.3 Å². The highest BCUT2D eigenvalue weighted by atomic mass is 15.1. The molecule has 38 heavy (non-hydrogen) atoms. The summed E-state index contributed by atoms with van der Waals surface area (Å²) < 4.78 is 0. The van der Waals surface area contributed by atoms with E-state index in [-0.39, 0.29) is 0 Å². The molecule has 0 radical (unpaired) electrons. The van der Waals surface area contributed by atoms with Crippen LogP contribution in [0.15, 0.2) is 89.1 Å². The fourth-order valence-corrected chi connectivity index (χ4v) is 6.66. The third kappa shape index (κ3) is 3.45. The van der Waals surface area contributed by atoms with Crippen LogP contribution >= 0.6 is 0 Å². The maximum absolute atomic E-state index is 5.35. The largest absolute Gasteiger partial charge is 0.378 e. The number of aromatic amines is 1.